The molecule has 0 radical (unpaired) electrons. The molecule has 1 saturated heterocycles. The number of nitrogens with zero attached hydrogens (tertiary/aromatic N) is 2. The van der Waals surface area contributed by atoms with Gasteiger partial charge >= 0.3 is 0 Å². The molecule has 1 amide bonds. The summed E-state index contributed by atoms with van der Waals surface area (Å²) in [5.41, 5.74) is 4.32. The van der Waals surface area contributed by atoms with E-state index in [0.29, 0.717) is 6.04 Å². The summed E-state index contributed by atoms with van der Waals surface area (Å²) in [7, 11) is 1.95. The zero-order chi connectivity index (χ0) is 18.0. The van der Waals surface area contributed by atoms with Crippen LogP contribution in [0, 0.1) is 13.8 Å². The van der Waals surface area contributed by atoms with Crippen molar-refractivity contribution in [1.29, 1.82) is 0 Å². The second-order valence-corrected chi connectivity index (χ2v) is 7.09. The first-order chi connectivity index (χ1) is 12.0. The average Bonchev–Trinajstić information content (AvgIpc) is 3.19. The predicted octanol–water partition coefficient (Wildman–Crippen LogP) is 3.54. The summed E-state index contributed by atoms with van der Waals surface area (Å²) >= 11 is 0. The van der Waals surface area contributed by atoms with E-state index in [1.54, 1.807) is 0 Å². The predicted molar refractivity (Wildman–Crippen MR) is 102 cm³/mol. The van der Waals surface area contributed by atoms with Gasteiger partial charge in [0.1, 0.15) is 0 Å². The second kappa shape index (κ2) is 7.44. The van der Waals surface area contributed by atoms with Crippen molar-refractivity contribution in [3.8, 4) is 0 Å². The first-order valence-electron chi connectivity index (χ1n) is 9.23. The molecule has 2 atom stereocenters. The van der Waals surface area contributed by atoms with Crippen molar-refractivity contribution in [2.24, 2.45) is 0 Å². The Morgan fingerprint density at radius 3 is 2.68 bits per heavy atom. The molecule has 1 N–H and O–H groups in total. The van der Waals surface area contributed by atoms with Crippen LogP contribution in [0.5, 0.6) is 0 Å². The Morgan fingerprint density at radius 1 is 1.28 bits per heavy atom. The van der Waals surface area contributed by atoms with Gasteiger partial charge in [-0.15, -0.1) is 0 Å². The third-order valence-electron chi connectivity index (χ3n) is 5.46. The fraction of sp³-hybridized carbons (Fsp3) is 0.476. The van der Waals surface area contributed by atoms with Crippen LogP contribution in [-0.4, -0.2) is 41.6 Å². The molecule has 0 bridgehead atoms. The molecule has 1 fully saturated rings. The van der Waals surface area contributed by atoms with Gasteiger partial charge in [0.05, 0.1) is 11.6 Å². The van der Waals surface area contributed by atoms with Crippen LogP contribution in [-0.2, 0) is 0 Å². The molecular formula is C21H29N3O. The number of carbonyl (C=O) groups excluding carboxylic acids is 1. The van der Waals surface area contributed by atoms with Gasteiger partial charge in [0.2, 0.25) is 0 Å². The maximum Gasteiger partial charge on any atom is 0.255 e. The molecule has 2 aromatic rings. The van der Waals surface area contributed by atoms with Gasteiger partial charge in [-0.2, -0.15) is 0 Å². The number of likely N-dealkylation sites (tertiary alicyclic amines) is 1. The van der Waals surface area contributed by atoms with Crippen LogP contribution in [0.4, 0.5) is 0 Å². The molecule has 3 rings (SSSR count). The van der Waals surface area contributed by atoms with Gasteiger partial charge < -0.3 is 14.8 Å². The summed E-state index contributed by atoms with van der Waals surface area (Å²) in [6.07, 6.45) is 2.18. The summed E-state index contributed by atoms with van der Waals surface area (Å²) in [5, 5.41) is 3.22. The number of rotatable bonds is 5. The highest BCUT2D eigenvalue weighted by Crippen LogP contribution is 2.28. The minimum atomic E-state index is 0.178. The topological polar surface area (TPSA) is 37.3 Å². The first kappa shape index (κ1) is 17.7. The van der Waals surface area contributed by atoms with Crippen molar-refractivity contribution in [1.82, 2.24) is 14.8 Å². The number of hydrogen-bond acceptors (Lipinski definition) is 2. The largest absolute Gasteiger partial charge is 0.341 e. The van der Waals surface area contributed by atoms with E-state index in [0.717, 1.165) is 42.9 Å². The number of hydrogen-bond donors (Lipinski definition) is 1. The number of amides is 1. The van der Waals surface area contributed by atoms with E-state index < -0.39 is 0 Å². The van der Waals surface area contributed by atoms with Crippen molar-refractivity contribution >= 4 is 5.91 Å². The SMILES string of the molecule is CNCC1CCCN1C(=O)c1cc(C)n(C(C)c2ccccc2)c1C. The number of nitrogens with one attached hydrogen (secondary N) is 1. The van der Waals surface area contributed by atoms with Gasteiger partial charge in [0.25, 0.3) is 5.91 Å². The maximum absolute atomic E-state index is 13.2. The Morgan fingerprint density at radius 2 is 2.00 bits per heavy atom. The molecule has 0 spiro atoms. The van der Waals surface area contributed by atoms with E-state index >= 15 is 0 Å². The van der Waals surface area contributed by atoms with Crippen LogP contribution < -0.4 is 5.32 Å². The number of benzene rings is 1. The maximum atomic E-state index is 13.2. The van der Waals surface area contributed by atoms with Crippen LogP contribution in [0.25, 0.3) is 0 Å². The lowest BCUT2D eigenvalue weighted by Gasteiger charge is -2.25. The Labute approximate surface area is 150 Å². The molecule has 1 aromatic carbocycles. The number of carbonyl (C=O) groups is 1. The van der Waals surface area contributed by atoms with Gasteiger partial charge in [-0.1, -0.05) is 30.3 Å². The van der Waals surface area contributed by atoms with Crippen LogP contribution in [0.3, 0.4) is 0 Å². The lowest BCUT2D eigenvalue weighted by atomic mass is 10.1. The number of likely N-dealkylation sites (N-methyl/N-ethyl adjacent to an activating group) is 1. The van der Waals surface area contributed by atoms with Crippen molar-refractivity contribution in [2.45, 2.75) is 45.7 Å². The normalized spacial score (nSPS) is 18.6. The van der Waals surface area contributed by atoms with Gasteiger partial charge in [-0.05, 0) is 52.3 Å². The van der Waals surface area contributed by atoms with E-state index in [9.17, 15) is 4.79 Å². The Balaban J connectivity index is 1.90. The van der Waals surface area contributed by atoms with Crippen LogP contribution in [0.1, 0.15) is 53.1 Å². The van der Waals surface area contributed by atoms with Crippen molar-refractivity contribution in [2.75, 3.05) is 20.1 Å². The standard InChI is InChI=1S/C21H29N3O/c1-15-13-20(21(25)23-12-8-11-19(23)14-22-4)17(3)24(15)16(2)18-9-6-5-7-10-18/h5-7,9-10,13,16,19,22H,8,11-12,14H2,1-4H3. The molecule has 0 saturated carbocycles. The summed E-state index contributed by atoms with van der Waals surface area (Å²) < 4.78 is 2.28. The lowest BCUT2D eigenvalue weighted by molar-refractivity contribution is 0.0736. The van der Waals surface area contributed by atoms with E-state index in [2.05, 4.69) is 65.9 Å². The molecular weight excluding hydrogens is 310 g/mol. The fourth-order valence-corrected chi connectivity index (χ4v) is 4.18. The Hall–Kier alpha value is -2.07. The number of aromatic nitrogens is 1. The number of aryl methyl sites for hydroxylation is 1. The zero-order valence-corrected chi connectivity index (χ0v) is 15.7. The van der Waals surface area contributed by atoms with E-state index in [1.165, 1.54) is 5.56 Å². The minimum absolute atomic E-state index is 0.178. The molecule has 134 valence electrons. The average molecular weight is 339 g/mol. The molecule has 4 heteroatoms. The van der Waals surface area contributed by atoms with Crippen LogP contribution in [0.15, 0.2) is 36.4 Å². The molecule has 4 nitrogen and oxygen atoms in total. The lowest BCUT2D eigenvalue weighted by Crippen LogP contribution is -2.41. The summed E-state index contributed by atoms with van der Waals surface area (Å²) in [5.74, 6) is 0.178. The van der Waals surface area contributed by atoms with E-state index in [1.807, 2.05) is 13.1 Å². The summed E-state index contributed by atoms with van der Waals surface area (Å²) in [4.78, 5) is 15.2. The Bertz CT molecular complexity index is 735. The molecule has 2 unspecified atom stereocenters. The third-order valence-corrected chi connectivity index (χ3v) is 5.46. The molecule has 1 aromatic heterocycles. The summed E-state index contributed by atoms with van der Waals surface area (Å²) in [6, 6.07) is 13.1. The van der Waals surface area contributed by atoms with Gasteiger partial charge in [0, 0.05) is 30.5 Å². The molecule has 1 aliphatic heterocycles. The molecule has 25 heavy (non-hydrogen) atoms. The zero-order valence-electron chi connectivity index (χ0n) is 15.7. The fourth-order valence-electron chi connectivity index (χ4n) is 4.18. The van der Waals surface area contributed by atoms with Gasteiger partial charge in [0.15, 0.2) is 0 Å². The van der Waals surface area contributed by atoms with Crippen molar-refractivity contribution in [3.05, 3.63) is 58.9 Å². The monoisotopic (exact) mass is 339 g/mol. The second-order valence-electron chi connectivity index (χ2n) is 7.09. The summed E-state index contributed by atoms with van der Waals surface area (Å²) in [6.45, 7) is 8.10. The van der Waals surface area contributed by atoms with Crippen molar-refractivity contribution < 1.29 is 4.79 Å². The van der Waals surface area contributed by atoms with E-state index in [-0.39, 0.29) is 11.9 Å². The van der Waals surface area contributed by atoms with Gasteiger partial charge in [-0.3, -0.25) is 4.79 Å². The highest BCUT2D eigenvalue weighted by atomic mass is 16.2. The quantitative estimate of drug-likeness (QED) is 0.905. The van der Waals surface area contributed by atoms with Crippen LogP contribution >= 0.6 is 0 Å². The first-order valence-corrected chi connectivity index (χ1v) is 9.23. The minimum Gasteiger partial charge on any atom is -0.341 e. The molecule has 1 aliphatic rings. The van der Waals surface area contributed by atoms with Crippen molar-refractivity contribution in [3.63, 3.8) is 0 Å². The van der Waals surface area contributed by atoms with E-state index in [4.69, 9.17) is 0 Å². The smallest absolute Gasteiger partial charge is 0.255 e. The highest BCUT2D eigenvalue weighted by Gasteiger charge is 2.31. The Kier molecular flexibility index (Phi) is 5.28. The molecule has 0 aliphatic carbocycles. The van der Waals surface area contributed by atoms with Gasteiger partial charge in [-0.25, -0.2) is 0 Å². The molecule has 2 heterocycles. The van der Waals surface area contributed by atoms with Crippen LogP contribution in [0.2, 0.25) is 0 Å². The highest BCUT2D eigenvalue weighted by molar-refractivity contribution is 5.96. The third kappa shape index (κ3) is 3.36.